The molecule has 0 saturated carbocycles. The topological polar surface area (TPSA) is 56.7 Å². The van der Waals surface area contributed by atoms with E-state index in [1.54, 1.807) is 0 Å². The predicted octanol–water partition coefficient (Wildman–Crippen LogP) is 14.5. The van der Waals surface area contributed by atoms with Crippen molar-refractivity contribution in [2.45, 2.75) is 19.3 Å². The summed E-state index contributed by atoms with van der Waals surface area (Å²) in [7, 11) is 0. The largest absolute Gasteiger partial charge is 0.456 e. The van der Waals surface area contributed by atoms with Gasteiger partial charge >= 0.3 is 0 Å². The molecule has 0 saturated heterocycles. The molecule has 4 heterocycles. The summed E-state index contributed by atoms with van der Waals surface area (Å²) >= 11 is 1.81. The number of para-hydroxylation sites is 1. The normalized spacial score (nSPS) is 13.3. The van der Waals surface area contributed by atoms with E-state index in [9.17, 15) is 0 Å². The minimum Gasteiger partial charge on any atom is -0.456 e. The highest BCUT2D eigenvalue weighted by Crippen LogP contribution is 2.51. The highest BCUT2D eigenvalue weighted by atomic mass is 32.1. The summed E-state index contributed by atoms with van der Waals surface area (Å²) in [6.07, 6.45) is 0. The number of hydrogen-bond donors (Lipinski definition) is 0. The van der Waals surface area contributed by atoms with Gasteiger partial charge in [-0.1, -0.05) is 117 Å². The fourth-order valence-electron chi connectivity index (χ4n) is 9.79. The van der Waals surface area contributed by atoms with Crippen LogP contribution in [0.1, 0.15) is 25.0 Å². The van der Waals surface area contributed by atoms with E-state index in [1.165, 1.54) is 64.2 Å². The summed E-state index contributed by atoms with van der Waals surface area (Å²) < 4.78 is 11.5. The van der Waals surface area contributed by atoms with Crippen molar-refractivity contribution >= 4 is 75.3 Å². The van der Waals surface area contributed by atoms with Gasteiger partial charge in [-0.05, 0) is 89.0 Å². The van der Waals surface area contributed by atoms with E-state index in [2.05, 4.69) is 158 Å². The van der Waals surface area contributed by atoms with Crippen molar-refractivity contribution in [3.8, 4) is 51.0 Å². The Bertz CT molecular complexity index is 3760. The van der Waals surface area contributed by atoms with Gasteiger partial charge in [0.05, 0.1) is 11.0 Å². The number of rotatable bonds is 4. The van der Waals surface area contributed by atoms with Gasteiger partial charge in [0.15, 0.2) is 17.5 Å². The minimum absolute atomic E-state index is 0.119. The standard InChI is InChI=1S/C54H34N4OS/c1-54(2)42-19-9-6-15-34(42)38-29-39-35-16-7-10-20-44(35)58(45(39)30-43(38)54)33-24-25-46-41(28-33)50-37(18-12-21-47(50)59-46)53-56-51(31-13-4-3-5-14-31)55-52(57-53)32-23-26-49-40(27-32)36-17-8-11-22-48(36)60-49/h3-30H,1-2H3. The van der Waals surface area contributed by atoms with Gasteiger partial charge in [-0.3, -0.25) is 0 Å². The average molecular weight is 787 g/mol. The molecule has 12 aromatic rings. The van der Waals surface area contributed by atoms with Crippen molar-refractivity contribution in [2.24, 2.45) is 0 Å². The second-order valence-corrected chi connectivity index (χ2v) is 17.5. The zero-order valence-corrected chi connectivity index (χ0v) is 33.6. The molecule has 0 spiro atoms. The van der Waals surface area contributed by atoms with Crippen LogP contribution in [0.4, 0.5) is 0 Å². The van der Waals surface area contributed by atoms with Gasteiger partial charge in [-0.2, -0.15) is 0 Å². The molecule has 0 bridgehead atoms. The van der Waals surface area contributed by atoms with Gasteiger partial charge in [-0.25, -0.2) is 15.0 Å². The molecule has 0 fully saturated rings. The second-order valence-electron chi connectivity index (χ2n) is 16.4. The minimum atomic E-state index is -0.119. The van der Waals surface area contributed by atoms with Crippen molar-refractivity contribution in [3.05, 3.63) is 181 Å². The monoisotopic (exact) mass is 786 g/mol. The zero-order valence-electron chi connectivity index (χ0n) is 32.8. The lowest BCUT2D eigenvalue weighted by Crippen LogP contribution is -2.14. The fourth-order valence-corrected chi connectivity index (χ4v) is 10.9. The number of benzene rings is 8. The van der Waals surface area contributed by atoms with Crippen LogP contribution in [-0.4, -0.2) is 19.5 Å². The lowest BCUT2D eigenvalue weighted by Gasteiger charge is -2.21. The molecule has 0 unspecified atom stereocenters. The summed E-state index contributed by atoms with van der Waals surface area (Å²) in [6, 6.07) is 60.5. The first-order chi connectivity index (χ1) is 29.5. The van der Waals surface area contributed by atoms with Gasteiger partial charge in [0.25, 0.3) is 0 Å². The van der Waals surface area contributed by atoms with E-state index in [1.807, 2.05) is 41.7 Å². The summed E-state index contributed by atoms with van der Waals surface area (Å²) in [5.74, 6) is 1.85. The molecule has 0 N–H and O–H groups in total. The molecule has 0 aliphatic heterocycles. The smallest absolute Gasteiger partial charge is 0.164 e. The Morgan fingerprint density at radius 1 is 0.450 bits per heavy atom. The first-order valence-corrected chi connectivity index (χ1v) is 21.2. The van der Waals surface area contributed by atoms with Crippen LogP contribution in [0, 0.1) is 0 Å². The molecular formula is C54H34N4OS. The van der Waals surface area contributed by atoms with E-state index < -0.39 is 0 Å². The third-order valence-corrected chi connectivity index (χ3v) is 13.8. The van der Waals surface area contributed by atoms with E-state index in [0.29, 0.717) is 17.5 Å². The Balaban J connectivity index is 1.03. The van der Waals surface area contributed by atoms with Crippen LogP contribution < -0.4 is 0 Å². The maximum atomic E-state index is 6.62. The van der Waals surface area contributed by atoms with Crippen LogP contribution in [0.15, 0.2) is 174 Å². The molecule has 8 aromatic carbocycles. The Hall–Kier alpha value is -7.41. The van der Waals surface area contributed by atoms with Crippen molar-refractivity contribution in [1.82, 2.24) is 19.5 Å². The zero-order chi connectivity index (χ0) is 39.7. The molecule has 4 aromatic heterocycles. The lowest BCUT2D eigenvalue weighted by atomic mass is 9.82. The molecule has 0 atom stereocenters. The van der Waals surface area contributed by atoms with Crippen LogP contribution in [0.3, 0.4) is 0 Å². The molecule has 282 valence electrons. The molecule has 0 amide bonds. The molecule has 13 rings (SSSR count). The van der Waals surface area contributed by atoms with E-state index in [-0.39, 0.29) is 5.41 Å². The van der Waals surface area contributed by atoms with Gasteiger partial charge in [0, 0.05) is 69.5 Å². The summed E-state index contributed by atoms with van der Waals surface area (Å²) in [4.78, 5) is 15.6. The number of hydrogen-bond acceptors (Lipinski definition) is 5. The van der Waals surface area contributed by atoms with Crippen LogP contribution in [0.25, 0.3) is 115 Å². The number of fused-ring (bicyclic) bond motifs is 12. The van der Waals surface area contributed by atoms with Crippen molar-refractivity contribution in [1.29, 1.82) is 0 Å². The van der Waals surface area contributed by atoms with Gasteiger partial charge in [-0.15, -0.1) is 11.3 Å². The number of nitrogens with zero attached hydrogens (tertiary/aromatic N) is 4. The van der Waals surface area contributed by atoms with Crippen LogP contribution in [0.2, 0.25) is 0 Å². The SMILES string of the molecule is CC1(C)c2ccccc2-c2cc3c4ccccc4n(-c4ccc5oc6cccc(-c7nc(-c8ccccc8)nc(-c8ccc9sc%10ccccc%10c9c8)n7)c6c5c4)c3cc21. The Morgan fingerprint density at radius 2 is 1.18 bits per heavy atom. The quantitative estimate of drug-likeness (QED) is 0.178. The van der Waals surface area contributed by atoms with E-state index in [0.717, 1.165) is 44.3 Å². The number of thiophene rings is 1. The highest BCUT2D eigenvalue weighted by molar-refractivity contribution is 7.25. The molecule has 5 nitrogen and oxygen atoms in total. The molecule has 1 aliphatic rings. The Labute approximate surface area is 348 Å². The summed E-state index contributed by atoms with van der Waals surface area (Å²) in [6.45, 7) is 4.69. The van der Waals surface area contributed by atoms with Crippen LogP contribution in [-0.2, 0) is 5.41 Å². The van der Waals surface area contributed by atoms with Gasteiger partial charge in [0.1, 0.15) is 11.2 Å². The first-order valence-electron chi connectivity index (χ1n) is 20.3. The molecule has 6 heteroatoms. The predicted molar refractivity (Wildman–Crippen MR) is 248 cm³/mol. The first kappa shape index (κ1) is 33.6. The Kier molecular flexibility index (Phi) is 6.88. The third-order valence-electron chi connectivity index (χ3n) is 12.7. The maximum absolute atomic E-state index is 6.62. The van der Waals surface area contributed by atoms with Gasteiger partial charge < -0.3 is 8.98 Å². The summed E-state index contributed by atoms with van der Waals surface area (Å²) in [5, 5.41) is 6.90. The van der Waals surface area contributed by atoms with E-state index in [4.69, 9.17) is 19.4 Å². The highest BCUT2D eigenvalue weighted by Gasteiger charge is 2.36. The number of furan rings is 1. The fraction of sp³-hybridized carbons (Fsp3) is 0.0556. The maximum Gasteiger partial charge on any atom is 0.164 e. The second kappa shape index (κ2) is 12.3. The van der Waals surface area contributed by atoms with Gasteiger partial charge in [0.2, 0.25) is 0 Å². The number of aromatic nitrogens is 4. The Morgan fingerprint density at radius 3 is 2.08 bits per heavy atom. The van der Waals surface area contributed by atoms with Crippen molar-refractivity contribution in [3.63, 3.8) is 0 Å². The summed E-state index contributed by atoms with van der Waals surface area (Å²) in [5.41, 5.74) is 13.0. The van der Waals surface area contributed by atoms with Crippen molar-refractivity contribution < 1.29 is 4.42 Å². The third kappa shape index (κ3) is 4.76. The van der Waals surface area contributed by atoms with Crippen LogP contribution in [0.5, 0.6) is 0 Å². The molecular weight excluding hydrogens is 753 g/mol. The van der Waals surface area contributed by atoms with Crippen LogP contribution >= 0.6 is 11.3 Å². The lowest BCUT2D eigenvalue weighted by molar-refractivity contribution is 0.661. The molecule has 1 aliphatic carbocycles. The van der Waals surface area contributed by atoms with Crippen molar-refractivity contribution in [2.75, 3.05) is 0 Å². The average Bonchev–Trinajstić information content (AvgIpc) is 4.02. The molecule has 0 radical (unpaired) electrons. The van der Waals surface area contributed by atoms with E-state index >= 15 is 0 Å². The molecule has 60 heavy (non-hydrogen) atoms.